The molecule has 0 bridgehead atoms. The molecule has 0 aliphatic heterocycles. The fraction of sp³-hybridized carbons (Fsp3) is 0.600. The van der Waals surface area contributed by atoms with Gasteiger partial charge < -0.3 is 146 Å². The Morgan fingerprint density at radius 2 is 0.308 bits per heavy atom. The molecule has 52 heavy (non-hydrogen) atoms. The van der Waals surface area contributed by atoms with Crippen LogP contribution < -0.4 is 0 Å². The third kappa shape index (κ3) is 535. The third-order valence-corrected chi connectivity index (χ3v) is 1.69. The van der Waals surface area contributed by atoms with E-state index < -0.39 is 24.4 Å². The van der Waals surface area contributed by atoms with Crippen LogP contribution in [0, 0.1) is 0 Å². The zero-order chi connectivity index (χ0) is 41.6. The van der Waals surface area contributed by atoms with Crippen molar-refractivity contribution in [1.82, 2.24) is 0 Å². The predicted octanol–water partition coefficient (Wildman–Crippen LogP) is -5.12. The van der Waals surface area contributed by atoms with Gasteiger partial charge in [0.25, 0.3) is 0 Å². The first kappa shape index (κ1) is 104. The first-order valence-electron chi connectivity index (χ1n) is 11.0. The van der Waals surface area contributed by atoms with Gasteiger partial charge in [0.2, 0.25) is 0 Å². The maximum atomic E-state index is 8.47. The van der Waals surface area contributed by atoms with Crippen LogP contribution in [0.5, 0.6) is 0 Å². The van der Waals surface area contributed by atoms with Crippen LogP contribution in [0.4, 0.5) is 0 Å². The topological polar surface area (TPSA) is 570 Å². The summed E-state index contributed by atoms with van der Waals surface area (Å²) in [6.07, 6.45) is -3.81. The molecule has 0 radical (unpaired) electrons. The molecule has 28 nitrogen and oxygen atoms in total. The van der Waals surface area contributed by atoms with E-state index in [0.29, 0.717) is 0 Å². The summed E-state index contributed by atoms with van der Waals surface area (Å²) < 4.78 is 0. The standard InChI is InChI=1S/4C3H8O3.8CH3NO.4Ti/c4*4-1-3(6)2-5;8*2-1-3;;;;/h4*3-6H,1-2H2;8*1H,(H2,2,3);;;;/q;;;;;;;;;;;;4*+2/p-8. The first-order valence-corrected chi connectivity index (χ1v) is 11.0. The minimum absolute atomic E-state index is 0. The maximum absolute atomic E-state index is 8.47. The molecule has 8 amide bonds. The van der Waals surface area contributed by atoms with Crippen LogP contribution in [0.3, 0.4) is 0 Å². The van der Waals surface area contributed by atoms with Crippen molar-refractivity contribution in [3.05, 3.63) is 45.9 Å². The van der Waals surface area contributed by atoms with Gasteiger partial charge in [-0.3, -0.25) is 0 Å². The van der Waals surface area contributed by atoms with Gasteiger partial charge in [-0.1, -0.05) is 0 Å². The summed E-state index contributed by atoms with van der Waals surface area (Å²) in [5, 5.41) is 96.1. The van der Waals surface area contributed by atoms with Crippen molar-refractivity contribution >= 4 is 51.3 Å². The molecule has 0 saturated heterocycles. The van der Waals surface area contributed by atoms with E-state index in [1.807, 2.05) is 0 Å². The Balaban J connectivity index is -0.0000000196. The summed E-state index contributed by atoms with van der Waals surface area (Å²) in [5.74, 6) is 0. The smallest absolute Gasteiger partial charge is 0.671 e. The number of aliphatic hydroxyl groups excluding tert-OH is 12. The van der Waals surface area contributed by atoms with E-state index in [2.05, 4.69) is 0 Å². The number of nitrogens with one attached hydrogen (secondary N) is 8. The van der Waals surface area contributed by atoms with Gasteiger partial charge in [0, 0.05) is 51.3 Å². The summed E-state index contributed by atoms with van der Waals surface area (Å²) in [6, 6.07) is 0. The molecule has 0 aliphatic carbocycles. The van der Waals surface area contributed by atoms with E-state index in [9.17, 15) is 0 Å². The maximum Gasteiger partial charge on any atom is 2.00 e. The zero-order valence-electron chi connectivity index (χ0n) is 27.2. The number of aliphatic hydroxyl groups is 12. The zero-order valence-corrected chi connectivity index (χ0v) is 33.5. The van der Waals surface area contributed by atoms with Gasteiger partial charge in [-0.15, -0.1) is 0 Å². The molecule has 0 aliphatic rings. The Labute approximate surface area is 358 Å². The van der Waals surface area contributed by atoms with Crippen LogP contribution in [0.25, 0.3) is 45.9 Å². The second kappa shape index (κ2) is 167. The van der Waals surface area contributed by atoms with Crippen LogP contribution in [0.15, 0.2) is 0 Å². The minimum Gasteiger partial charge on any atom is -0.671 e. The van der Waals surface area contributed by atoms with Gasteiger partial charge in [-0.25, -0.2) is 0 Å². The molecule has 0 heterocycles. The Morgan fingerprint density at radius 3 is 0.308 bits per heavy atom. The number of carbonyl (C=O) groups is 8. The number of hydrogen-bond donors (Lipinski definition) is 12. The van der Waals surface area contributed by atoms with Gasteiger partial charge >= 0.3 is 86.9 Å². The molecule has 0 fully saturated rings. The molecule has 0 saturated carbocycles. The van der Waals surface area contributed by atoms with Crippen LogP contribution >= 0.6 is 0 Å². The number of carbonyl (C=O) groups excluding carboxylic acids is 8. The Kier molecular flexibility index (Phi) is 333. The van der Waals surface area contributed by atoms with Gasteiger partial charge in [0.15, 0.2) is 0 Å². The second-order valence-electron chi connectivity index (χ2n) is 5.02. The van der Waals surface area contributed by atoms with E-state index in [1.54, 1.807) is 0 Å². The van der Waals surface area contributed by atoms with Crippen molar-refractivity contribution < 1.29 is 187 Å². The third-order valence-electron chi connectivity index (χ3n) is 1.69. The number of rotatable bonds is 8. The van der Waals surface area contributed by atoms with Crippen LogP contribution in [-0.4, -0.2) is 190 Å². The fourth-order valence-electron chi connectivity index (χ4n) is 0.231. The average molecular weight is 912 g/mol. The summed E-state index contributed by atoms with van der Waals surface area (Å²) in [4.78, 5) is 67.8. The Hall–Kier alpha value is -1.86. The van der Waals surface area contributed by atoms with Crippen LogP contribution in [0.1, 0.15) is 0 Å². The first-order chi connectivity index (χ1) is 22.5. The molecule has 0 aromatic carbocycles. The predicted molar refractivity (Wildman–Crippen MR) is 164 cm³/mol. The van der Waals surface area contributed by atoms with Crippen molar-refractivity contribution in [2.75, 3.05) is 52.9 Å². The van der Waals surface area contributed by atoms with E-state index in [1.165, 1.54) is 0 Å². The molecular weight excluding hydrogens is 864 g/mol. The molecule has 20 N–H and O–H groups in total. The van der Waals surface area contributed by atoms with Crippen molar-refractivity contribution in [2.45, 2.75) is 24.4 Å². The summed E-state index contributed by atoms with van der Waals surface area (Å²) in [7, 11) is 0. The van der Waals surface area contributed by atoms with Gasteiger partial charge in [-0.05, 0) is 0 Å². The van der Waals surface area contributed by atoms with Crippen LogP contribution in [0.2, 0.25) is 0 Å². The Bertz CT molecular complexity index is 428. The molecular formula is C20H48N8O20Ti4. The minimum atomic E-state index is -0.954. The molecule has 0 spiro atoms. The monoisotopic (exact) mass is 912 g/mol. The van der Waals surface area contributed by atoms with Crippen molar-refractivity contribution in [3.63, 3.8) is 0 Å². The molecule has 0 rings (SSSR count). The molecule has 0 unspecified atom stereocenters. The van der Waals surface area contributed by atoms with Gasteiger partial charge in [-0.2, -0.15) is 0 Å². The SMILES string of the molecule is OCC(O)CO.OCC(O)CO.OCC(O)CO.OCC(O)CO.[NH-]C=O.[NH-]C=O.[NH-]C=O.[NH-]C=O.[NH-]C=O.[NH-]C=O.[NH-]C=O.[NH-]C=O.[Ti+2].[Ti+2].[Ti+2].[Ti+2]. The molecule has 304 valence electrons. The molecule has 0 atom stereocenters. The normalized spacial score (nSPS) is 6.46. The van der Waals surface area contributed by atoms with Gasteiger partial charge in [0.05, 0.1) is 52.9 Å². The summed E-state index contributed by atoms with van der Waals surface area (Å²) in [5.41, 5.74) is 44.2. The summed E-state index contributed by atoms with van der Waals surface area (Å²) >= 11 is 0. The van der Waals surface area contributed by atoms with Crippen molar-refractivity contribution in [3.8, 4) is 0 Å². The van der Waals surface area contributed by atoms with E-state index in [0.717, 1.165) is 0 Å². The molecule has 32 heteroatoms. The molecule has 0 aromatic heterocycles. The van der Waals surface area contributed by atoms with Crippen molar-refractivity contribution in [1.29, 1.82) is 0 Å². The van der Waals surface area contributed by atoms with Gasteiger partial charge in [0.1, 0.15) is 24.4 Å². The Morgan fingerprint density at radius 1 is 0.269 bits per heavy atom. The van der Waals surface area contributed by atoms with Crippen LogP contribution in [-0.2, 0) is 125 Å². The van der Waals surface area contributed by atoms with E-state index in [4.69, 9.17) is 146 Å². The van der Waals surface area contributed by atoms with E-state index in [-0.39, 0.29) is 191 Å². The largest absolute Gasteiger partial charge is 2.00 e. The van der Waals surface area contributed by atoms with E-state index >= 15 is 0 Å². The molecule has 0 aromatic rings. The summed E-state index contributed by atoms with van der Waals surface area (Å²) in [6.45, 7) is -2.92. The number of hydrogen-bond acceptors (Lipinski definition) is 20. The fourth-order valence-corrected chi connectivity index (χ4v) is 0.231. The number of amides is 8. The average Bonchev–Trinajstić information content (AvgIpc) is 3.07. The second-order valence-corrected chi connectivity index (χ2v) is 5.02. The quantitative estimate of drug-likeness (QED) is 0.0800. The van der Waals surface area contributed by atoms with Crippen molar-refractivity contribution in [2.24, 2.45) is 0 Å².